The van der Waals surface area contributed by atoms with E-state index in [1.807, 2.05) is 16.5 Å². The average Bonchev–Trinajstić information content (AvgIpc) is 3.07. The van der Waals surface area contributed by atoms with Crippen LogP contribution in [-0.2, 0) is 6.54 Å². The molecule has 1 aliphatic rings. The summed E-state index contributed by atoms with van der Waals surface area (Å²) in [6.45, 7) is 7.77. The van der Waals surface area contributed by atoms with E-state index in [1.165, 1.54) is 0 Å². The number of pyridine rings is 1. The highest BCUT2D eigenvalue weighted by Crippen LogP contribution is 2.41. The molecule has 0 amide bonds. The van der Waals surface area contributed by atoms with Crippen LogP contribution in [0.2, 0.25) is 5.15 Å². The number of aryl methyl sites for hydroxylation is 1. The SMILES string of the molecule is Cc1nn(CC(C)C)c(Cl)c1C1CCCN1c1nccc(Br)c1F. The molecule has 1 aliphatic heterocycles. The predicted molar refractivity (Wildman–Crippen MR) is 98.0 cm³/mol. The van der Waals surface area contributed by atoms with Gasteiger partial charge in [0.25, 0.3) is 0 Å². The summed E-state index contributed by atoms with van der Waals surface area (Å²) in [4.78, 5) is 6.27. The Morgan fingerprint density at radius 3 is 2.92 bits per heavy atom. The molecule has 24 heavy (non-hydrogen) atoms. The topological polar surface area (TPSA) is 34.0 Å². The zero-order chi connectivity index (χ0) is 17.4. The molecular weight excluding hydrogens is 395 g/mol. The summed E-state index contributed by atoms with van der Waals surface area (Å²) in [6.07, 6.45) is 3.51. The van der Waals surface area contributed by atoms with Crippen molar-refractivity contribution in [3.8, 4) is 0 Å². The molecule has 0 spiro atoms. The van der Waals surface area contributed by atoms with Crippen molar-refractivity contribution >= 4 is 33.3 Å². The van der Waals surface area contributed by atoms with Crippen LogP contribution in [0.15, 0.2) is 16.7 Å². The van der Waals surface area contributed by atoms with E-state index in [-0.39, 0.29) is 11.9 Å². The lowest BCUT2D eigenvalue weighted by atomic mass is 10.1. The second kappa shape index (κ2) is 7.00. The normalized spacial score (nSPS) is 18.0. The quantitative estimate of drug-likeness (QED) is 0.693. The van der Waals surface area contributed by atoms with Crippen molar-refractivity contribution in [1.29, 1.82) is 0 Å². The van der Waals surface area contributed by atoms with Crippen LogP contribution in [-0.4, -0.2) is 21.3 Å². The smallest absolute Gasteiger partial charge is 0.179 e. The van der Waals surface area contributed by atoms with Crippen molar-refractivity contribution in [1.82, 2.24) is 14.8 Å². The molecular formula is C17H21BrClFN4. The molecule has 0 N–H and O–H groups in total. The molecule has 4 nitrogen and oxygen atoms in total. The van der Waals surface area contributed by atoms with E-state index in [0.717, 1.165) is 37.2 Å². The Morgan fingerprint density at radius 2 is 2.21 bits per heavy atom. The predicted octanol–water partition coefficient (Wildman–Crippen LogP) is 5.14. The molecule has 0 aromatic carbocycles. The fourth-order valence-corrected chi connectivity index (χ4v) is 4.01. The van der Waals surface area contributed by atoms with Crippen LogP contribution in [0.4, 0.5) is 10.2 Å². The van der Waals surface area contributed by atoms with Crippen LogP contribution in [0.5, 0.6) is 0 Å². The van der Waals surface area contributed by atoms with E-state index in [2.05, 4.69) is 39.9 Å². The van der Waals surface area contributed by atoms with Gasteiger partial charge in [0.2, 0.25) is 0 Å². The first kappa shape index (κ1) is 17.7. The summed E-state index contributed by atoms with van der Waals surface area (Å²) >= 11 is 9.87. The average molecular weight is 416 g/mol. The Balaban J connectivity index is 2.00. The van der Waals surface area contributed by atoms with E-state index in [0.29, 0.717) is 21.4 Å². The van der Waals surface area contributed by atoms with Gasteiger partial charge in [-0.25, -0.2) is 9.37 Å². The van der Waals surface area contributed by atoms with Gasteiger partial charge in [-0.2, -0.15) is 5.10 Å². The Morgan fingerprint density at radius 1 is 1.46 bits per heavy atom. The van der Waals surface area contributed by atoms with Crippen LogP contribution in [0, 0.1) is 18.7 Å². The molecule has 2 aromatic rings. The molecule has 0 saturated carbocycles. The summed E-state index contributed by atoms with van der Waals surface area (Å²) in [5, 5.41) is 5.26. The van der Waals surface area contributed by atoms with Crippen molar-refractivity contribution in [2.45, 2.75) is 46.2 Å². The number of rotatable bonds is 4. The van der Waals surface area contributed by atoms with Crippen molar-refractivity contribution in [3.05, 3.63) is 39.0 Å². The molecule has 130 valence electrons. The second-order valence-electron chi connectivity index (χ2n) is 6.65. The molecule has 1 saturated heterocycles. The molecule has 1 atom stereocenters. The number of hydrogen-bond donors (Lipinski definition) is 0. The highest BCUT2D eigenvalue weighted by Gasteiger charge is 2.34. The van der Waals surface area contributed by atoms with E-state index < -0.39 is 0 Å². The monoisotopic (exact) mass is 414 g/mol. The summed E-state index contributed by atoms with van der Waals surface area (Å²) in [6, 6.07) is 1.62. The minimum Gasteiger partial charge on any atom is -0.347 e. The second-order valence-corrected chi connectivity index (χ2v) is 7.86. The highest BCUT2D eigenvalue weighted by atomic mass is 79.9. The van der Waals surface area contributed by atoms with E-state index in [1.54, 1.807) is 12.3 Å². The molecule has 1 unspecified atom stereocenters. The van der Waals surface area contributed by atoms with Crippen LogP contribution in [0.1, 0.15) is 44.0 Å². The molecule has 0 aliphatic carbocycles. The zero-order valence-corrected chi connectivity index (χ0v) is 16.4. The van der Waals surface area contributed by atoms with Gasteiger partial charge >= 0.3 is 0 Å². The van der Waals surface area contributed by atoms with Crippen molar-refractivity contribution in [2.75, 3.05) is 11.4 Å². The van der Waals surface area contributed by atoms with Gasteiger partial charge < -0.3 is 4.90 Å². The van der Waals surface area contributed by atoms with Crippen LogP contribution in [0.3, 0.4) is 0 Å². The molecule has 2 aromatic heterocycles. The first-order chi connectivity index (χ1) is 11.4. The first-order valence-corrected chi connectivity index (χ1v) is 9.36. The summed E-state index contributed by atoms with van der Waals surface area (Å²) < 4.78 is 16.8. The van der Waals surface area contributed by atoms with Gasteiger partial charge in [0.15, 0.2) is 11.6 Å². The third-order valence-corrected chi connectivity index (χ3v) is 5.34. The van der Waals surface area contributed by atoms with E-state index in [4.69, 9.17) is 11.6 Å². The Labute approximate surface area is 155 Å². The minimum absolute atomic E-state index is 0.00899. The van der Waals surface area contributed by atoms with Gasteiger partial charge in [-0.05, 0) is 47.7 Å². The standard InChI is InChI=1S/C17H21BrClFN4/c1-10(2)9-24-16(19)14(11(3)22-24)13-5-4-8-23(13)17-15(20)12(18)6-7-21-17/h6-7,10,13H,4-5,8-9H2,1-3H3. The van der Waals surface area contributed by atoms with Gasteiger partial charge in [-0.3, -0.25) is 4.68 Å². The zero-order valence-electron chi connectivity index (χ0n) is 14.1. The number of nitrogens with zero attached hydrogens (tertiary/aromatic N) is 4. The number of anilines is 1. The van der Waals surface area contributed by atoms with Gasteiger partial charge in [-0.1, -0.05) is 25.4 Å². The summed E-state index contributed by atoms with van der Waals surface area (Å²) in [7, 11) is 0. The van der Waals surface area contributed by atoms with E-state index >= 15 is 0 Å². The number of hydrogen-bond acceptors (Lipinski definition) is 3. The Hall–Kier alpha value is -1.14. The molecule has 3 heterocycles. The van der Waals surface area contributed by atoms with Gasteiger partial charge in [0.1, 0.15) is 5.15 Å². The van der Waals surface area contributed by atoms with Crippen molar-refractivity contribution in [2.24, 2.45) is 5.92 Å². The number of halogens is 3. The van der Waals surface area contributed by atoms with Crippen LogP contribution >= 0.6 is 27.5 Å². The maximum atomic E-state index is 14.5. The maximum Gasteiger partial charge on any atom is 0.179 e. The molecule has 7 heteroatoms. The lowest BCUT2D eigenvalue weighted by Crippen LogP contribution is -2.25. The molecule has 0 bridgehead atoms. The third kappa shape index (κ3) is 3.18. The van der Waals surface area contributed by atoms with Crippen molar-refractivity contribution < 1.29 is 4.39 Å². The summed E-state index contributed by atoms with van der Waals surface area (Å²) in [5.41, 5.74) is 1.91. The largest absolute Gasteiger partial charge is 0.347 e. The Bertz CT molecular complexity index is 746. The lowest BCUT2D eigenvalue weighted by Gasteiger charge is -2.26. The van der Waals surface area contributed by atoms with Crippen molar-refractivity contribution in [3.63, 3.8) is 0 Å². The fraction of sp³-hybridized carbons (Fsp3) is 0.529. The maximum absolute atomic E-state index is 14.5. The minimum atomic E-state index is -0.326. The molecule has 0 radical (unpaired) electrons. The van der Waals surface area contributed by atoms with Gasteiger partial charge in [0.05, 0.1) is 16.2 Å². The summed E-state index contributed by atoms with van der Waals surface area (Å²) in [5.74, 6) is 0.505. The fourth-order valence-electron chi connectivity index (χ4n) is 3.34. The lowest BCUT2D eigenvalue weighted by molar-refractivity contribution is 0.481. The molecule has 1 fully saturated rings. The molecule has 3 rings (SSSR count). The van der Waals surface area contributed by atoms with Crippen LogP contribution < -0.4 is 4.90 Å². The van der Waals surface area contributed by atoms with Crippen LogP contribution in [0.25, 0.3) is 0 Å². The highest BCUT2D eigenvalue weighted by molar-refractivity contribution is 9.10. The number of aromatic nitrogens is 3. The van der Waals surface area contributed by atoms with E-state index in [9.17, 15) is 4.39 Å². The third-order valence-electron chi connectivity index (χ3n) is 4.33. The van der Waals surface area contributed by atoms with Gasteiger partial charge in [-0.15, -0.1) is 0 Å². The Kier molecular flexibility index (Phi) is 5.16. The van der Waals surface area contributed by atoms with Gasteiger partial charge in [0, 0.05) is 24.8 Å². The first-order valence-electron chi connectivity index (χ1n) is 8.19.